The molecule has 0 aliphatic carbocycles. The fraction of sp³-hybridized carbons (Fsp3) is 0.632. The molecular weight excluding hydrogens is 352 g/mol. The SMILES string of the molecule is Cc1cccc(S(=O)(=O)N2CC[C@]3(CC[C@@H](C(=O)N(C)C)O3)[C@@H](C)C2)c1. The molecule has 26 heavy (non-hydrogen) atoms. The van der Waals surface area contributed by atoms with Crippen LogP contribution < -0.4 is 0 Å². The molecule has 144 valence electrons. The summed E-state index contributed by atoms with van der Waals surface area (Å²) >= 11 is 0. The third-order valence-electron chi connectivity index (χ3n) is 5.71. The predicted octanol–water partition coefficient (Wildman–Crippen LogP) is 2.03. The lowest BCUT2D eigenvalue weighted by molar-refractivity contribution is -0.152. The van der Waals surface area contributed by atoms with Gasteiger partial charge in [-0.25, -0.2) is 8.42 Å². The van der Waals surface area contributed by atoms with Crippen molar-refractivity contribution < 1.29 is 17.9 Å². The van der Waals surface area contributed by atoms with Gasteiger partial charge in [0.1, 0.15) is 6.10 Å². The highest BCUT2D eigenvalue weighted by Gasteiger charge is 2.50. The molecule has 0 bridgehead atoms. The molecule has 7 heteroatoms. The van der Waals surface area contributed by atoms with E-state index in [9.17, 15) is 13.2 Å². The molecule has 0 unspecified atom stereocenters. The van der Waals surface area contributed by atoms with Gasteiger partial charge in [0.2, 0.25) is 10.0 Å². The number of hydrogen-bond donors (Lipinski definition) is 0. The van der Waals surface area contributed by atoms with Crippen LogP contribution in [0, 0.1) is 12.8 Å². The second-order valence-corrected chi connectivity index (χ2v) is 9.71. The molecular formula is C19H28N2O4S. The molecule has 0 saturated carbocycles. The Labute approximate surface area is 156 Å². The third kappa shape index (κ3) is 3.40. The maximum absolute atomic E-state index is 13.0. The molecule has 2 aliphatic heterocycles. The van der Waals surface area contributed by atoms with Gasteiger partial charge in [0.15, 0.2) is 0 Å². The van der Waals surface area contributed by atoms with Crippen LogP contribution in [0.25, 0.3) is 0 Å². The predicted molar refractivity (Wildman–Crippen MR) is 99.3 cm³/mol. The lowest BCUT2D eigenvalue weighted by Crippen LogP contribution is -2.52. The maximum atomic E-state index is 13.0. The quantitative estimate of drug-likeness (QED) is 0.805. The number of carbonyl (C=O) groups excluding carboxylic acids is 1. The number of amides is 1. The second kappa shape index (κ2) is 6.94. The van der Waals surface area contributed by atoms with Crippen molar-refractivity contribution >= 4 is 15.9 Å². The third-order valence-corrected chi connectivity index (χ3v) is 7.57. The summed E-state index contributed by atoms with van der Waals surface area (Å²) in [5.74, 6) is 0.0275. The van der Waals surface area contributed by atoms with Gasteiger partial charge in [-0.3, -0.25) is 4.79 Å². The van der Waals surface area contributed by atoms with E-state index >= 15 is 0 Å². The first kappa shape index (κ1) is 19.3. The number of aryl methyl sites for hydroxylation is 1. The minimum absolute atomic E-state index is 0.0103. The standard InChI is InChI=1S/C19H28N2O4S/c1-14-6-5-7-16(12-14)26(23,24)21-11-10-19(15(2)13-21)9-8-17(25-19)18(22)20(3)4/h5-7,12,15,17H,8-11,13H2,1-4H3/t15-,17-,19+/m0/s1. The van der Waals surface area contributed by atoms with Crippen molar-refractivity contribution in [3.8, 4) is 0 Å². The maximum Gasteiger partial charge on any atom is 0.251 e. The molecule has 2 aliphatic rings. The molecule has 2 fully saturated rings. The zero-order valence-corrected chi connectivity index (χ0v) is 16.8. The van der Waals surface area contributed by atoms with Crippen molar-refractivity contribution in [2.24, 2.45) is 5.92 Å². The van der Waals surface area contributed by atoms with E-state index in [1.165, 1.54) is 0 Å². The molecule has 6 nitrogen and oxygen atoms in total. The minimum atomic E-state index is -3.50. The fourth-order valence-electron chi connectivity index (χ4n) is 4.05. The van der Waals surface area contributed by atoms with Crippen molar-refractivity contribution in [3.63, 3.8) is 0 Å². The molecule has 0 aromatic heterocycles. The number of benzene rings is 1. The molecule has 0 N–H and O–H groups in total. The van der Waals surface area contributed by atoms with E-state index in [2.05, 4.69) is 0 Å². The molecule has 0 radical (unpaired) electrons. The van der Waals surface area contributed by atoms with Crippen molar-refractivity contribution in [3.05, 3.63) is 29.8 Å². The topological polar surface area (TPSA) is 66.9 Å². The van der Waals surface area contributed by atoms with Gasteiger partial charge in [-0.1, -0.05) is 19.1 Å². The Morgan fingerprint density at radius 2 is 2.04 bits per heavy atom. The van der Waals surface area contributed by atoms with Crippen molar-refractivity contribution in [1.29, 1.82) is 0 Å². The Morgan fingerprint density at radius 3 is 2.65 bits per heavy atom. The summed E-state index contributed by atoms with van der Waals surface area (Å²) in [6, 6.07) is 7.02. The van der Waals surface area contributed by atoms with Gasteiger partial charge in [0.25, 0.3) is 5.91 Å². The molecule has 1 amide bonds. The summed E-state index contributed by atoms with van der Waals surface area (Å²) in [5.41, 5.74) is 0.534. The van der Waals surface area contributed by atoms with Gasteiger partial charge < -0.3 is 9.64 Å². The number of rotatable bonds is 3. The molecule has 3 atom stereocenters. The van der Waals surface area contributed by atoms with Gasteiger partial charge in [-0.05, 0) is 49.8 Å². The normalized spacial score (nSPS) is 29.8. The Hall–Kier alpha value is -1.44. The first-order chi connectivity index (χ1) is 12.2. The van der Waals surface area contributed by atoms with Crippen LogP contribution in [0.4, 0.5) is 0 Å². The van der Waals surface area contributed by atoms with Crippen molar-refractivity contribution in [1.82, 2.24) is 9.21 Å². The van der Waals surface area contributed by atoms with Gasteiger partial charge in [0, 0.05) is 27.2 Å². The average molecular weight is 381 g/mol. The van der Waals surface area contributed by atoms with Gasteiger partial charge >= 0.3 is 0 Å². The number of nitrogens with zero attached hydrogens (tertiary/aromatic N) is 2. The molecule has 1 aromatic carbocycles. The number of hydrogen-bond acceptors (Lipinski definition) is 4. The van der Waals surface area contributed by atoms with Gasteiger partial charge in [-0.15, -0.1) is 0 Å². The van der Waals surface area contributed by atoms with Crippen LogP contribution in [-0.2, 0) is 19.6 Å². The molecule has 2 saturated heterocycles. The highest BCUT2D eigenvalue weighted by atomic mass is 32.2. The van der Waals surface area contributed by atoms with Crippen LogP contribution in [0.1, 0.15) is 31.7 Å². The van der Waals surface area contributed by atoms with E-state index in [1.54, 1.807) is 41.5 Å². The lowest BCUT2D eigenvalue weighted by atomic mass is 9.81. The monoisotopic (exact) mass is 380 g/mol. The number of ether oxygens (including phenoxy) is 1. The van der Waals surface area contributed by atoms with Crippen molar-refractivity contribution in [2.75, 3.05) is 27.2 Å². The average Bonchev–Trinajstić information content (AvgIpc) is 3.01. The van der Waals surface area contributed by atoms with Crippen LogP contribution >= 0.6 is 0 Å². The summed E-state index contributed by atoms with van der Waals surface area (Å²) in [6.45, 7) is 4.75. The van der Waals surface area contributed by atoms with Crippen LogP contribution in [-0.4, -0.2) is 62.4 Å². The lowest BCUT2D eigenvalue weighted by Gasteiger charge is -2.43. The van der Waals surface area contributed by atoms with Crippen LogP contribution in [0.2, 0.25) is 0 Å². The molecule has 3 rings (SSSR count). The molecule has 1 aromatic rings. The largest absolute Gasteiger partial charge is 0.362 e. The van der Waals surface area contributed by atoms with Crippen molar-refractivity contribution in [2.45, 2.75) is 49.7 Å². The summed E-state index contributed by atoms with van der Waals surface area (Å²) < 4.78 is 33.7. The number of likely N-dealkylation sites (N-methyl/N-ethyl adjacent to an activating group) is 1. The number of sulfonamides is 1. The highest BCUT2D eigenvalue weighted by Crippen LogP contribution is 2.43. The highest BCUT2D eigenvalue weighted by molar-refractivity contribution is 7.89. The summed E-state index contributed by atoms with van der Waals surface area (Å²) in [7, 11) is -0.0378. The Balaban J connectivity index is 1.74. The summed E-state index contributed by atoms with van der Waals surface area (Å²) in [6.07, 6.45) is 1.71. The molecule has 2 heterocycles. The Bertz CT molecular complexity index is 792. The summed E-state index contributed by atoms with van der Waals surface area (Å²) in [5, 5.41) is 0. The minimum Gasteiger partial charge on any atom is -0.362 e. The fourth-order valence-corrected chi connectivity index (χ4v) is 5.69. The van der Waals surface area contributed by atoms with Crippen LogP contribution in [0.15, 0.2) is 29.2 Å². The van der Waals surface area contributed by atoms with Gasteiger partial charge in [-0.2, -0.15) is 4.31 Å². The van der Waals surface area contributed by atoms with Crippen LogP contribution in [0.3, 0.4) is 0 Å². The van der Waals surface area contributed by atoms with Crippen LogP contribution in [0.5, 0.6) is 0 Å². The zero-order valence-electron chi connectivity index (χ0n) is 15.9. The van der Waals surface area contributed by atoms with E-state index in [0.717, 1.165) is 12.0 Å². The zero-order chi connectivity index (χ0) is 19.1. The van der Waals surface area contributed by atoms with E-state index < -0.39 is 21.7 Å². The van der Waals surface area contributed by atoms with E-state index in [4.69, 9.17) is 4.74 Å². The first-order valence-electron chi connectivity index (χ1n) is 9.11. The first-order valence-corrected chi connectivity index (χ1v) is 10.6. The molecule has 1 spiro atoms. The number of piperidine rings is 1. The van der Waals surface area contributed by atoms with E-state index in [-0.39, 0.29) is 11.8 Å². The number of carbonyl (C=O) groups is 1. The van der Waals surface area contributed by atoms with E-state index in [0.29, 0.717) is 30.8 Å². The Kier molecular flexibility index (Phi) is 5.16. The Morgan fingerprint density at radius 1 is 1.31 bits per heavy atom. The smallest absolute Gasteiger partial charge is 0.251 e. The van der Waals surface area contributed by atoms with Gasteiger partial charge in [0.05, 0.1) is 10.5 Å². The van der Waals surface area contributed by atoms with E-state index in [1.807, 2.05) is 19.9 Å². The second-order valence-electron chi connectivity index (χ2n) is 7.77. The summed E-state index contributed by atoms with van der Waals surface area (Å²) in [4.78, 5) is 14.1.